The van der Waals surface area contributed by atoms with E-state index in [0.29, 0.717) is 6.54 Å². The lowest BCUT2D eigenvalue weighted by Gasteiger charge is -2.25. The van der Waals surface area contributed by atoms with Crippen LogP contribution < -0.4 is 10.6 Å². The van der Waals surface area contributed by atoms with E-state index in [2.05, 4.69) is 36.2 Å². The van der Waals surface area contributed by atoms with Gasteiger partial charge in [-0.25, -0.2) is 0 Å². The summed E-state index contributed by atoms with van der Waals surface area (Å²) in [7, 11) is 2.19. The Morgan fingerprint density at radius 2 is 1.94 bits per heavy atom. The minimum Gasteiger partial charge on any atom is -0.374 e. The lowest BCUT2D eigenvalue weighted by atomic mass is 10.1. The molecule has 0 spiro atoms. The molecule has 2 rings (SSSR count). The second kappa shape index (κ2) is 5.35. The summed E-state index contributed by atoms with van der Waals surface area (Å²) in [5.41, 5.74) is 8.33. The van der Waals surface area contributed by atoms with Gasteiger partial charge in [0.25, 0.3) is 0 Å². The van der Waals surface area contributed by atoms with E-state index >= 15 is 0 Å². The second-order valence-electron chi connectivity index (χ2n) is 4.86. The summed E-state index contributed by atoms with van der Waals surface area (Å²) >= 11 is 0. The molecule has 2 N–H and O–H groups in total. The first kappa shape index (κ1) is 11.5. The van der Waals surface area contributed by atoms with Crippen LogP contribution in [0.4, 0.5) is 5.69 Å². The highest BCUT2D eigenvalue weighted by Crippen LogP contribution is 2.27. The van der Waals surface area contributed by atoms with Crippen molar-refractivity contribution in [2.45, 2.75) is 32.2 Å². The highest BCUT2D eigenvalue weighted by atomic mass is 15.1. The van der Waals surface area contributed by atoms with Crippen molar-refractivity contribution in [1.82, 2.24) is 0 Å². The van der Waals surface area contributed by atoms with Crippen molar-refractivity contribution in [1.29, 1.82) is 0 Å². The zero-order valence-electron chi connectivity index (χ0n) is 10.2. The van der Waals surface area contributed by atoms with Crippen LogP contribution >= 0.6 is 0 Å². The number of nitrogens with zero attached hydrogens (tertiary/aromatic N) is 1. The van der Waals surface area contributed by atoms with Crippen molar-refractivity contribution < 1.29 is 0 Å². The third-order valence-electron chi connectivity index (χ3n) is 3.63. The van der Waals surface area contributed by atoms with E-state index in [1.54, 1.807) is 0 Å². The second-order valence-corrected chi connectivity index (χ2v) is 4.86. The highest BCUT2D eigenvalue weighted by Gasteiger charge is 2.17. The zero-order chi connectivity index (χ0) is 11.4. The minimum atomic E-state index is 0.630. The third-order valence-corrected chi connectivity index (χ3v) is 3.63. The molecular weight excluding hydrogens is 196 g/mol. The Kier molecular flexibility index (Phi) is 3.83. The smallest absolute Gasteiger partial charge is 0.0409 e. The van der Waals surface area contributed by atoms with Gasteiger partial charge in [0.1, 0.15) is 0 Å². The van der Waals surface area contributed by atoms with Crippen LogP contribution in [0, 0.1) is 5.92 Å². The molecule has 0 bridgehead atoms. The van der Waals surface area contributed by atoms with E-state index < -0.39 is 0 Å². The minimum absolute atomic E-state index is 0.630. The molecule has 0 unspecified atom stereocenters. The Labute approximate surface area is 98.4 Å². The lowest BCUT2D eigenvalue weighted by molar-refractivity contribution is 0.546. The molecule has 0 atom stereocenters. The van der Waals surface area contributed by atoms with Gasteiger partial charge < -0.3 is 10.6 Å². The van der Waals surface area contributed by atoms with Crippen LogP contribution in [0.15, 0.2) is 24.3 Å². The van der Waals surface area contributed by atoms with Crippen molar-refractivity contribution in [2.75, 3.05) is 18.5 Å². The van der Waals surface area contributed by atoms with Gasteiger partial charge in [0.15, 0.2) is 0 Å². The number of rotatable bonds is 4. The van der Waals surface area contributed by atoms with Crippen molar-refractivity contribution >= 4 is 5.69 Å². The molecular formula is C14H22N2. The Hall–Kier alpha value is -1.02. The maximum absolute atomic E-state index is 5.77. The van der Waals surface area contributed by atoms with Gasteiger partial charge in [0.05, 0.1) is 0 Å². The maximum atomic E-state index is 5.77. The fourth-order valence-corrected chi connectivity index (χ4v) is 2.73. The fourth-order valence-electron chi connectivity index (χ4n) is 2.73. The molecule has 88 valence electrons. The van der Waals surface area contributed by atoms with Crippen LogP contribution in [-0.2, 0) is 6.54 Å². The molecule has 0 saturated heterocycles. The van der Waals surface area contributed by atoms with Crippen LogP contribution in [0.2, 0.25) is 0 Å². The molecule has 1 aliphatic carbocycles. The van der Waals surface area contributed by atoms with Gasteiger partial charge in [0, 0.05) is 25.8 Å². The predicted octanol–water partition coefficient (Wildman–Crippen LogP) is 2.77. The summed E-state index contributed by atoms with van der Waals surface area (Å²) in [6, 6.07) is 8.46. The number of hydrogen-bond donors (Lipinski definition) is 1. The highest BCUT2D eigenvalue weighted by molar-refractivity contribution is 5.53. The van der Waals surface area contributed by atoms with Gasteiger partial charge in [-0.1, -0.05) is 31.0 Å². The van der Waals surface area contributed by atoms with E-state index in [1.807, 2.05) is 0 Å². The van der Waals surface area contributed by atoms with E-state index in [1.165, 1.54) is 43.5 Å². The number of hydrogen-bond acceptors (Lipinski definition) is 2. The summed E-state index contributed by atoms with van der Waals surface area (Å²) in [4.78, 5) is 2.37. The van der Waals surface area contributed by atoms with Crippen LogP contribution in [0.25, 0.3) is 0 Å². The van der Waals surface area contributed by atoms with Crippen LogP contribution in [-0.4, -0.2) is 13.6 Å². The van der Waals surface area contributed by atoms with Gasteiger partial charge >= 0.3 is 0 Å². The third kappa shape index (κ3) is 2.56. The molecule has 2 nitrogen and oxygen atoms in total. The summed E-state index contributed by atoms with van der Waals surface area (Å²) in [5, 5.41) is 0. The molecule has 0 aliphatic heterocycles. The standard InChI is InChI=1S/C14H22N2/c1-16(11-12-6-2-3-7-12)14-9-5-4-8-13(14)10-15/h4-5,8-9,12H,2-3,6-7,10-11,15H2,1H3. The first-order valence-electron chi connectivity index (χ1n) is 6.30. The van der Waals surface area contributed by atoms with Crippen LogP contribution in [0.3, 0.4) is 0 Å². The van der Waals surface area contributed by atoms with Gasteiger partial charge in [-0.2, -0.15) is 0 Å². The molecule has 1 fully saturated rings. The van der Waals surface area contributed by atoms with Crippen molar-refractivity contribution in [3.05, 3.63) is 29.8 Å². The van der Waals surface area contributed by atoms with E-state index in [-0.39, 0.29) is 0 Å². The number of nitrogens with two attached hydrogens (primary N) is 1. The van der Waals surface area contributed by atoms with Crippen molar-refractivity contribution in [3.8, 4) is 0 Å². The molecule has 1 aromatic carbocycles. The first-order chi connectivity index (χ1) is 7.81. The summed E-state index contributed by atoms with van der Waals surface area (Å²) < 4.78 is 0. The molecule has 1 saturated carbocycles. The van der Waals surface area contributed by atoms with Gasteiger partial charge in [-0.15, -0.1) is 0 Å². The quantitative estimate of drug-likeness (QED) is 0.842. The van der Waals surface area contributed by atoms with Gasteiger partial charge in [0.2, 0.25) is 0 Å². The average molecular weight is 218 g/mol. The predicted molar refractivity (Wildman–Crippen MR) is 69.6 cm³/mol. The topological polar surface area (TPSA) is 29.3 Å². The molecule has 2 heteroatoms. The average Bonchev–Trinajstić information content (AvgIpc) is 2.81. The molecule has 0 radical (unpaired) electrons. The molecule has 16 heavy (non-hydrogen) atoms. The number of benzene rings is 1. The fraction of sp³-hybridized carbons (Fsp3) is 0.571. The van der Waals surface area contributed by atoms with Gasteiger partial charge in [-0.3, -0.25) is 0 Å². The Morgan fingerprint density at radius 3 is 2.62 bits per heavy atom. The molecule has 0 heterocycles. The van der Waals surface area contributed by atoms with Crippen LogP contribution in [0.1, 0.15) is 31.2 Å². The largest absolute Gasteiger partial charge is 0.374 e. The number of anilines is 1. The summed E-state index contributed by atoms with van der Waals surface area (Å²) in [6.07, 6.45) is 5.62. The van der Waals surface area contributed by atoms with Crippen molar-refractivity contribution in [2.24, 2.45) is 11.7 Å². The van der Waals surface area contributed by atoms with Gasteiger partial charge in [-0.05, 0) is 30.4 Å². The SMILES string of the molecule is CN(CC1CCCC1)c1ccccc1CN. The van der Waals surface area contributed by atoms with Crippen molar-refractivity contribution in [3.63, 3.8) is 0 Å². The Bertz CT molecular complexity index is 329. The summed E-state index contributed by atoms with van der Waals surface area (Å²) in [5.74, 6) is 0.885. The Morgan fingerprint density at radius 1 is 1.25 bits per heavy atom. The van der Waals surface area contributed by atoms with E-state index in [4.69, 9.17) is 5.73 Å². The molecule has 1 aromatic rings. The Balaban J connectivity index is 2.04. The number of para-hydroxylation sites is 1. The summed E-state index contributed by atoms with van der Waals surface area (Å²) in [6.45, 7) is 1.81. The zero-order valence-corrected chi connectivity index (χ0v) is 10.2. The molecule has 0 aromatic heterocycles. The maximum Gasteiger partial charge on any atom is 0.0409 e. The monoisotopic (exact) mass is 218 g/mol. The lowest BCUT2D eigenvalue weighted by Crippen LogP contribution is -2.25. The first-order valence-corrected chi connectivity index (χ1v) is 6.30. The molecule has 1 aliphatic rings. The van der Waals surface area contributed by atoms with E-state index in [0.717, 1.165) is 5.92 Å². The molecule has 0 amide bonds. The van der Waals surface area contributed by atoms with E-state index in [9.17, 15) is 0 Å². The normalized spacial score (nSPS) is 16.6. The van der Waals surface area contributed by atoms with Crippen LogP contribution in [0.5, 0.6) is 0 Å².